The molecule has 0 aromatic heterocycles. The van der Waals surface area contributed by atoms with Crippen molar-refractivity contribution in [3.05, 3.63) is 97.9 Å². The Morgan fingerprint density at radius 2 is 1.89 bits per heavy atom. The molecule has 1 heterocycles. The number of esters is 1. The van der Waals surface area contributed by atoms with Crippen LogP contribution in [0.25, 0.3) is 6.08 Å². The summed E-state index contributed by atoms with van der Waals surface area (Å²) in [7, 11) is 0. The molecule has 1 fully saturated rings. The van der Waals surface area contributed by atoms with Gasteiger partial charge in [0, 0.05) is 17.2 Å². The first-order chi connectivity index (χ1) is 17.3. The standard InChI is InChI=1S/C25H17ClN2O6S2/c1-2-33-21-12-15(6-11-20(21)34-24(30)16-7-9-18(10-8-16)28(31)32)13-22-23(29)27(25(35)36-22)19-5-3-4-17(26)14-19/h3-14H,2H2,1H3/b22-13+. The van der Waals surface area contributed by atoms with Crippen LogP contribution in [0.15, 0.2) is 71.6 Å². The number of carbonyl (C=O) groups excluding carboxylic acids is 2. The number of thiocarbonyl (C=S) groups is 1. The van der Waals surface area contributed by atoms with Crippen LogP contribution in [0, 0.1) is 10.1 Å². The minimum Gasteiger partial charge on any atom is -0.490 e. The number of hydrogen-bond acceptors (Lipinski definition) is 8. The van der Waals surface area contributed by atoms with Crippen molar-refractivity contribution in [3.63, 3.8) is 0 Å². The molecule has 4 rings (SSSR count). The number of benzene rings is 3. The van der Waals surface area contributed by atoms with Crippen molar-refractivity contribution in [1.82, 2.24) is 0 Å². The number of rotatable bonds is 7. The molecule has 0 atom stereocenters. The molecule has 0 unspecified atom stereocenters. The van der Waals surface area contributed by atoms with E-state index in [0.29, 0.717) is 37.9 Å². The first-order valence-electron chi connectivity index (χ1n) is 10.5. The molecule has 0 saturated carbocycles. The van der Waals surface area contributed by atoms with Gasteiger partial charge in [0.25, 0.3) is 11.6 Å². The van der Waals surface area contributed by atoms with E-state index < -0.39 is 10.9 Å². The second kappa shape index (κ2) is 10.9. The minimum absolute atomic E-state index is 0.133. The Kier molecular flexibility index (Phi) is 7.68. The highest BCUT2D eigenvalue weighted by atomic mass is 35.5. The van der Waals surface area contributed by atoms with Gasteiger partial charge < -0.3 is 9.47 Å². The summed E-state index contributed by atoms with van der Waals surface area (Å²) < 4.78 is 11.5. The number of anilines is 1. The van der Waals surface area contributed by atoms with Gasteiger partial charge in [-0.3, -0.25) is 19.8 Å². The van der Waals surface area contributed by atoms with Gasteiger partial charge in [0.05, 0.1) is 27.7 Å². The lowest BCUT2D eigenvalue weighted by Crippen LogP contribution is -2.27. The van der Waals surface area contributed by atoms with Crippen molar-refractivity contribution >= 4 is 69.2 Å². The third-order valence-electron chi connectivity index (χ3n) is 4.94. The molecule has 0 aliphatic carbocycles. The maximum atomic E-state index is 13.0. The Hall–Kier alpha value is -3.73. The summed E-state index contributed by atoms with van der Waals surface area (Å²) in [5, 5.41) is 11.3. The summed E-state index contributed by atoms with van der Waals surface area (Å²) >= 11 is 12.6. The monoisotopic (exact) mass is 540 g/mol. The van der Waals surface area contributed by atoms with Gasteiger partial charge in [0.1, 0.15) is 0 Å². The number of hydrogen-bond donors (Lipinski definition) is 0. The van der Waals surface area contributed by atoms with Crippen LogP contribution >= 0.6 is 35.6 Å². The highest BCUT2D eigenvalue weighted by Gasteiger charge is 2.33. The topological polar surface area (TPSA) is 99.0 Å². The van der Waals surface area contributed by atoms with Gasteiger partial charge in [-0.15, -0.1) is 0 Å². The third kappa shape index (κ3) is 5.56. The quantitative estimate of drug-likeness (QED) is 0.0863. The van der Waals surface area contributed by atoms with Gasteiger partial charge in [-0.2, -0.15) is 0 Å². The number of carbonyl (C=O) groups is 2. The Morgan fingerprint density at radius 3 is 2.56 bits per heavy atom. The zero-order valence-electron chi connectivity index (χ0n) is 18.7. The number of amides is 1. The van der Waals surface area contributed by atoms with E-state index in [-0.39, 0.29) is 22.9 Å². The summed E-state index contributed by atoms with van der Waals surface area (Å²) in [6, 6.07) is 16.8. The lowest BCUT2D eigenvalue weighted by Gasteiger charge is -2.14. The van der Waals surface area contributed by atoms with E-state index in [0.717, 1.165) is 11.8 Å². The summed E-state index contributed by atoms with van der Waals surface area (Å²) in [5.74, 6) is -0.504. The highest BCUT2D eigenvalue weighted by molar-refractivity contribution is 8.27. The van der Waals surface area contributed by atoms with Crippen LogP contribution < -0.4 is 14.4 Å². The molecule has 0 N–H and O–H groups in total. The molecule has 1 aliphatic rings. The van der Waals surface area contributed by atoms with Crippen molar-refractivity contribution in [2.75, 3.05) is 11.5 Å². The van der Waals surface area contributed by atoms with Crippen LogP contribution in [0.3, 0.4) is 0 Å². The summed E-state index contributed by atoms with van der Waals surface area (Å²) in [6.45, 7) is 2.09. The Labute approximate surface area is 220 Å². The van der Waals surface area contributed by atoms with E-state index in [1.807, 2.05) is 0 Å². The zero-order chi connectivity index (χ0) is 25.8. The molecule has 1 aliphatic heterocycles. The molecule has 36 heavy (non-hydrogen) atoms. The molecular weight excluding hydrogens is 524 g/mol. The van der Waals surface area contributed by atoms with E-state index in [1.165, 1.54) is 29.2 Å². The molecule has 1 saturated heterocycles. The summed E-state index contributed by atoms with van der Waals surface area (Å²) in [5.41, 5.74) is 1.24. The molecule has 8 nitrogen and oxygen atoms in total. The summed E-state index contributed by atoms with van der Waals surface area (Å²) in [6.07, 6.45) is 1.67. The van der Waals surface area contributed by atoms with Crippen LogP contribution in [0.1, 0.15) is 22.8 Å². The van der Waals surface area contributed by atoms with Crippen LogP contribution in [-0.4, -0.2) is 27.7 Å². The average molecular weight is 541 g/mol. The van der Waals surface area contributed by atoms with Gasteiger partial charge in [0.15, 0.2) is 15.8 Å². The fraction of sp³-hybridized carbons (Fsp3) is 0.0800. The van der Waals surface area contributed by atoms with E-state index in [4.69, 9.17) is 33.3 Å². The van der Waals surface area contributed by atoms with E-state index in [9.17, 15) is 19.7 Å². The minimum atomic E-state index is -0.694. The van der Waals surface area contributed by atoms with Crippen LogP contribution in [0.2, 0.25) is 5.02 Å². The molecule has 11 heteroatoms. The van der Waals surface area contributed by atoms with Gasteiger partial charge in [0.2, 0.25) is 0 Å². The van der Waals surface area contributed by atoms with Gasteiger partial charge >= 0.3 is 5.97 Å². The molecule has 1 amide bonds. The molecule has 3 aromatic rings. The van der Waals surface area contributed by atoms with Crippen molar-refractivity contribution < 1.29 is 24.0 Å². The SMILES string of the molecule is CCOc1cc(/C=C2/SC(=S)N(c3cccc(Cl)c3)C2=O)ccc1OC(=O)c1ccc([N+](=O)[O-])cc1. The third-order valence-corrected chi connectivity index (χ3v) is 6.48. The predicted molar refractivity (Wildman–Crippen MR) is 143 cm³/mol. The molecule has 3 aromatic carbocycles. The lowest BCUT2D eigenvalue weighted by molar-refractivity contribution is -0.384. The normalized spacial score (nSPS) is 14.3. The second-order valence-corrected chi connectivity index (χ2v) is 9.44. The Bertz CT molecular complexity index is 1410. The predicted octanol–water partition coefficient (Wildman–Crippen LogP) is 6.27. The fourth-order valence-electron chi connectivity index (χ4n) is 3.30. The number of nitro benzene ring substituents is 1. The number of nitro groups is 1. The molecule has 182 valence electrons. The first-order valence-corrected chi connectivity index (χ1v) is 12.1. The number of non-ortho nitro benzene ring substituents is 1. The maximum absolute atomic E-state index is 13.0. The fourth-order valence-corrected chi connectivity index (χ4v) is 4.79. The smallest absolute Gasteiger partial charge is 0.343 e. The van der Waals surface area contributed by atoms with E-state index >= 15 is 0 Å². The average Bonchev–Trinajstić information content (AvgIpc) is 3.13. The summed E-state index contributed by atoms with van der Waals surface area (Å²) in [4.78, 5) is 37.7. The van der Waals surface area contributed by atoms with Gasteiger partial charge in [-0.05, 0) is 61.0 Å². The lowest BCUT2D eigenvalue weighted by atomic mass is 10.1. The van der Waals surface area contributed by atoms with E-state index in [1.54, 1.807) is 55.5 Å². The van der Waals surface area contributed by atoms with Crippen LogP contribution in [0.5, 0.6) is 11.5 Å². The van der Waals surface area contributed by atoms with Crippen LogP contribution in [0.4, 0.5) is 11.4 Å². The number of halogens is 1. The van der Waals surface area contributed by atoms with Crippen molar-refractivity contribution in [1.29, 1.82) is 0 Å². The largest absolute Gasteiger partial charge is 0.490 e. The molecule has 0 bridgehead atoms. The van der Waals surface area contributed by atoms with Crippen LogP contribution in [-0.2, 0) is 4.79 Å². The molecule has 0 spiro atoms. The van der Waals surface area contributed by atoms with Crippen molar-refractivity contribution in [2.45, 2.75) is 6.92 Å². The van der Waals surface area contributed by atoms with Crippen molar-refractivity contribution in [2.24, 2.45) is 0 Å². The molecule has 0 radical (unpaired) electrons. The number of thioether (sulfide) groups is 1. The highest BCUT2D eigenvalue weighted by Crippen LogP contribution is 2.38. The maximum Gasteiger partial charge on any atom is 0.343 e. The number of ether oxygens (including phenoxy) is 2. The second-order valence-electron chi connectivity index (χ2n) is 7.33. The zero-order valence-corrected chi connectivity index (χ0v) is 21.1. The Morgan fingerprint density at radius 1 is 1.14 bits per heavy atom. The van der Waals surface area contributed by atoms with Crippen molar-refractivity contribution in [3.8, 4) is 11.5 Å². The van der Waals surface area contributed by atoms with E-state index in [2.05, 4.69) is 0 Å². The number of nitrogens with zero attached hydrogens (tertiary/aromatic N) is 2. The Balaban J connectivity index is 1.56. The van der Waals surface area contributed by atoms with Gasteiger partial charge in [-0.25, -0.2) is 4.79 Å². The first kappa shape index (κ1) is 25.4. The van der Waals surface area contributed by atoms with Gasteiger partial charge in [-0.1, -0.05) is 47.7 Å². The molecular formula is C25H17ClN2O6S2.